The van der Waals surface area contributed by atoms with Crippen molar-refractivity contribution < 1.29 is 23.7 Å². The first kappa shape index (κ1) is 21.3. The van der Waals surface area contributed by atoms with Crippen molar-refractivity contribution in [1.29, 1.82) is 0 Å². The molecule has 8 nitrogen and oxygen atoms in total. The van der Waals surface area contributed by atoms with Crippen LogP contribution in [0.1, 0.15) is 24.1 Å². The quantitative estimate of drug-likeness (QED) is 0.546. The number of aromatic nitrogens is 1. The van der Waals surface area contributed by atoms with Gasteiger partial charge in [0.15, 0.2) is 16.3 Å². The molecule has 0 fully saturated rings. The van der Waals surface area contributed by atoms with Crippen LogP contribution in [0.15, 0.2) is 52.3 Å². The van der Waals surface area contributed by atoms with E-state index in [0.29, 0.717) is 26.6 Å². The second-order valence-corrected chi connectivity index (χ2v) is 8.94. The van der Waals surface area contributed by atoms with Crippen molar-refractivity contribution in [3.8, 4) is 17.2 Å². The van der Waals surface area contributed by atoms with Crippen LogP contribution in [0.3, 0.4) is 0 Å². The van der Waals surface area contributed by atoms with Crippen LogP contribution in [0.4, 0.5) is 0 Å². The average molecular weight is 467 g/mol. The summed E-state index contributed by atoms with van der Waals surface area (Å²) in [5.74, 6) is 0.487. The lowest BCUT2D eigenvalue weighted by atomic mass is 9.81. The van der Waals surface area contributed by atoms with E-state index in [2.05, 4.69) is 0 Å². The maximum Gasteiger partial charge on any atom is 0.317 e. The molecule has 0 aliphatic carbocycles. The summed E-state index contributed by atoms with van der Waals surface area (Å²) in [6, 6.07) is 12.2. The number of para-hydroxylation sites is 1. The number of thiazole rings is 1. The fraction of sp³-hybridized carbons (Fsp3) is 0.292. The molecular weight excluding hydrogens is 444 g/mol. The number of carbonyl (C=O) groups excluding carboxylic acids is 1. The lowest BCUT2D eigenvalue weighted by Crippen LogP contribution is -2.58. The van der Waals surface area contributed by atoms with E-state index in [1.165, 1.54) is 18.4 Å². The Balaban J connectivity index is 1.74. The summed E-state index contributed by atoms with van der Waals surface area (Å²) in [5.41, 5.74) is 0.105. The number of fused-ring (bicyclic) bond motifs is 6. The van der Waals surface area contributed by atoms with Crippen molar-refractivity contribution in [2.24, 2.45) is 10.9 Å². The van der Waals surface area contributed by atoms with Crippen molar-refractivity contribution in [2.45, 2.75) is 18.7 Å². The van der Waals surface area contributed by atoms with E-state index < -0.39 is 23.7 Å². The first-order chi connectivity index (χ1) is 15.9. The Hall–Kier alpha value is -3.59. The van der Waals surface area contributed by atoms with Crippen LogP contribution in [-0.2, 0) is 9.53 Å². The number of nitrogens with zero attached hydrogens (tertiary/aromatic N) is 2. The van der Waals surface area contributed by atoms with Gasteiger partial charge in [-0.25, -0.2) is 4.99 Å². The monoisotopic (exact) mass is 466 g/mol. The normalized spacial score (nSPS) is 23.0. The van der Waals surface area contributed by atoms with Gasteiger partial charge < -0.3 is 18.9 Å². The minimum Gasteiger partial charge on any atom is -0.493 e. The van der Waals surface area contributed by atoms with E-state index in [9.17, 15) is 9.59 Å². The molecule has 2 aliphatic heterocycles. The van der Waals surface area contributed by atoms with E-state index in [4.69, 9.17) is 23.9 Å². The molecule has 0 saturated heterocycles. The Morgan fingerprint density at radius 2 is 1.91 bits per heavy atom. The average Bonchev–Trinajstić information content (AvgIpc) is 3.11. The lowest BCUT2D eigenvalue weighted by molar-refractivity contribution is -0.158. The molecule has 33 heavy (non-hydrogen) atoms. The van der Waals surface area contributed by atoms with Gasteiger partial charge in [0.2, 0.25) is 5.72 Å². The Bertz CT molecular complexity index is 1440. The summed E-state index contributed by atoms with van der Waals surface area (Å²) in [5, 5.41) is 0. The van der Waals surface area contributed by atoms with Gasteiger partial charge in [-0.15, -0.1) is 0 Å². The van der Waals surface area contributed by atoms with Crippen LogP contribution < -0.4 is 29.1 Å². The molecule has 9 heteroatoms. The standard InChI is InChI=1S/C24H22N2O6S/c1-24-19(22(28)31-4)20(14-7-5-6-8-15(14)32-24)26-21(27)18(33-23(26)25-24)12-13-9-10-16(29-2)17(11-13)30-3/h5-12,19-20H,1-4H3/t19-,20-,24+/m1/s1. The third kappa shape index (κ3) is 3.22. The van der Waals surface area contributed by atoms with E-state index in [-0.39, 0.29) is 5.56 Å². The predicted octanol–water partition coefficient (Wildman–Crippen LogP) is 1.88. The minimum absolute atomic E-state index is 0.230. The van der Waals surface area contributed by atoms with Gasteiger partial charge >= 0.3 is 5.97 Å². The third-order valence-electron chi connectivity index (χ3n) is 6.04. The molecule has 5 rings (SSSR count). The lowest BCUT2D eigenvalue weighted by Gasteiger charge is -2.44. The first-order valence-electron chi connectivity index (χ1n) is 10.3. The van der Waals surface area contributed by atoms with Crippen LogP contribution in [0.25, 0.3) is 6.08 Å². The van der Waals surface area contributed by atoms with E-state index >= 15 is 0 Å². The SMILES string of the molecule is COC(=O)[C@H]1[C@H]2c3ccccc3O[C@]1(C)N=c1sc(=Cc3ccc(OC)c(OC)c3)c(=O)n12. The molecule has 0 radical (unpaired) electrons. The molecule has 0 N–H and O–H groups in total. The highest BCUT2D eigenvalue weighted by Gasteiger charge is 2.55. The Labute approximate surface area is 193 Å². The summed E-state index contributed by atoms with van der Waals surface area (Å²) < 4.78 is 24.0. The van der Waals surface area contributed by atoms with Gasteiger partial charge in [0.1, 0.15) is 11.7 Å². The second kappa shape index (κ2) is 7.77. The fourth-order valence-corrected chi connectivity index (χ4v) is 5.62. The van der Waals surface area contributed by atoms with Crippen molar-refractivity contribution >= 4 is 23.4 Å². The number of rotatable bonds is 4. The number of ether oxygens (including phenoxy) is 4. The molecular formula is C24H22N2O6S. The number of esters is 1. The van der Waals surface area contributed by atoms with Crippen molar-refractivity contribution in [3.63, 3.8) is 0 Å². The number of hydrogen-bond donors (Lipinski definition) is 0. The Kier molecular flexibility index (Phi) is 5.01. The topological polar surface area (TPSA) is 88.4 Å². The van der Waals surface area contributed by atoms with Crippen molar-refractivity contribution in [2.75, 3.05) is 21.3 Å². The number of methoxy groups -OCH3 is 3. The molecule has 0 spiro atoms. The smallest absolute Gasteiger partial charge is 0.317 e. The number of carbonyl (C=O) groups is 1. The summed E-state index contributed by atoms with van der Waals surface area (Å²) >= 11 is 1.26. The Morgan fingerprint density at radius 1 is 1.15 bits per heavy atom. The highest BCUT2D eigenvalue weighted by Crippen LogP contribution is 2.47. The summed E-state index contributed by atoms with van der Waals surface area (Å²) in [7, 11) is 4.46. The van der Waals surface area contributed by atoms with Crippen LogP contribution >= 0.6 is 11.3 Å². The molecule has 2 aliphatic rings. The molecule has 3 atom stereocenters. The van der Waals surface area contributed by atoms with Gasteiger partial charge in [0.05, 0.1) is 31.9 Å². The van der Waals surface area contributed by atoms with Crippen molar-refractivity contribution in [3.05, 3.63) is 73.3 Å². The predicted molar refractivity (Wildman–Crippen MR) is 122 cm³/mol. The first-order valence-corrected chi connectivity index (χ1v) is 11.1. The molecule has 0 amide bonds. The van der Waals surface area contributed by atoms with E-state index in [1.54, 1.807) is 43.9 Å². The third-order valence-corrected chi connectivity index (χ3v) is 7.02. The summed E-state index contributed by atoms with van der Waals surface area (Å²) in [6.07, 6.45) is 1.78. The second-order valence-electron chi connectivity index (χ2n) is 7.93. The number of benzene rings is 2. The zero-order valence-electron chi connectivity index (χ0n) is 18.5. The van der Waals surface area contributed by atoms with Gasteiger partial charge in [0.25, 0.3) is 5.56 Å². The van der Waals surface area contributed by atoms with Gasteiger partial charge in [-0.2, -0.15) is 0 Å². The van der Waals surface area contributed by atoms with Gasteiger partial charge in [0, 0.05) is 5.56 Å². The van der Waals surface area contributed by atoms with Gasteiger partial charge in [-0.1, -0.05) is 35.6 Å². The molecule has 3 aromatic rings. The van der Waals surface area contributed by atoms with Crippen LogP contribution in [0, 0.1) is 5.92 Å². The number of hydrogen-bond acceptors (Lipinski definition) is 8. The zero-order valence-corrected chi connectivity index (χ0v) is 19.3. The highest BCUT2D eigenvalue weighted by atomic mass is 32.1. The maximum absolute atomic E-state index is 13.6. The van der Waals surface area contributed by atoms with Gasteiger partial charge in [-0.3, -0.25) is 14.2 Å². The summed E-state index contributed by atoms with van der Waals surface area (Å²) in [4.78, 5) is 31.7. The van der Waals surface area contributed by atoms with Crippen LogP contribution in [0.5, 0.6) is 17.2 Å². The van der Waals surface area contributed by atoms with E-state index in [1.807, 2.05) is 30.3 Å². The summed E-state index contributed by atoms with van der Waals surface area (Å²) in [6.45, 7) is 1.75. The van der Waals surface area contributed by atoms with E-state index in [0.717, 1.165) is 11.1 Å². The molecule has 0 unspecified atom stereocenters. The maximum atomic E-state index is 13.6. The Morgan fingerprint density at radius 3 is 2.64 bits per heavy atom. The zero-order chi connectivity index (χ0) is 23.3. The molecule has 3 heterocycles. The molecule has 2 bridgehead atoms. The molecule has 0 saturated carbocycles. The van der Waals surface area contributed by atoms with Crippen LogP contribution in [0.2, 0.25) is 0 Å². The molecule has 2 aromatic carbocycles. The minimum atomic E-state index is -1.19. The molecule has 1 aromatic heterocycles. The van der Waals surface area contributed by atoms with Crippen molar-refractivity contribution in [1.82, 2.24) is 4.57 Å². The van der Waals surface area contributed by atoms with Crippen LogP contribution in [-0.4, -0.2) is 37.6 Å². The highest BCUT2D eigenvalue weighted by molar-refractivity contribution is 7.07. The van der Waals surface area contributed by atoms with Gasteiger partial charge in [-0.05, 0) is 36.8 Å². The largest absolute Gasteiger partial charge is 0.493 e. The fourth-order valence-electron chi connectivity index (χ4n) is 4.53. The molecule has 170 valence electrons.